The van der Waals surface area contributed by atoms with Crippen molar-refractivity contribution in [2.45, 2.75) is 26.9 Å². The number of ether oxygens (including phenoxy) is 1. The summed E-state index contributed by atoms with van der Waals surface area (Å²) in [7, 11) is 0. The summed E-state index contributed by atoms with van der Waals surface area (Å²) in [5.41, 5.74) is 0. The van der Waals surface area contributed by atoms with Crippen molar-refractivity contribution >= 4 is 33.2 Å². The van der Waals surface area contributed by atoms with Crippen LogP contribution in [0.1, 0.15) is 20.8 Å². The fraction of sp³-hybridized carbons (Fsp3) is 0.417. The van der Waals surface area contributed by atoms with E-state index in [2.05, 4.69) is 36.2 Å². The maximum Gasteiger partial charge on any atom is 0.322 e. The van der Waals surface area contributed by atoms with Gasteiger partial charge in [0.25, 0.3) is 0 Å². The molecule has 2 heterocycles. The summed E-state index contributed by atoms with van der Waals surface area (Å²) in [6, 6.07) is 2.32. The van der Waals surface area contributed by atoms with Crippen LogP contribution in [-0.2, 0) is 0 Å². The van der Waals surface area contributed by atoms with Crippen LogP contribution in [0.5, 0.6) is 6.01 Å². The number of halogens is 1. The second kappa shape index (κ2) is 6.29. The molecule has 0 fully saturated rings. The predicted octanol–water partition coefficient (Wildman–Crippen LogP) is 3.58. The molecule has 0 aromatic carbocycles. The Morgan fingerprint density at radius 1 is 1.37 bits per heavy atom. The highest BCUT2D eigenvalue weighted by Gasteiger charge is 2.13. The summed E-state index contributed by atoms with van der Waals surface area (Å²) in [5, 5.41) is 5.08. The summed E-state index contributed by atoms with van der Waals surface area (Å²) >= 11 is 5.06. The highest BCUT2D eigenvalue weighted by atomic mass is 79.9. The Kier molecular flexibility index (Phi) is 4.71. The van der Waals surface area contributed by atoms with Crippen molar-refractivity contribution in [2.24, 2.45) is 0 Å². The molecule has 0 amide bonds. The van der Waals surface area contributed by atoms with Gasteiger partial charge in [-0.2, -0.15) is 15.0 Å². The maximum absolute atomic E-state index is 5.57. The van der Waals surface area contributed by atoms with E-state index in [4.69, 9.17) is 4.74 Å². The van der Waals surface area contributed by atoms with Gasteiger partial charge < -0.3 is 10.1 Å². The average molecular weight is 343 g/mol. The van der Waals surface area contributed by atoms with Gasteiger partial charge in [0.1, 0.15) is 0 Å². The van der Waals surface area contributed by atoms with E-state index in [9.17, 15) is 0 Å². The van der Waals surface area contributed by atoms with Gasteiger partial charge in [-0.3, -0.25) is 0 Å². The molecular formula is C12H15BrN4OS. The first-order valence-electron chi connectivity index (χ1n) is 6.00. The van der Waals surface area contributed by atoms with Gasteiger partial charge in [-0.15, -0.1) is 11.3 Å². The number of anilines is 1. The van der Waals surface area contributed by atoms with Gasteiger partial charge in [0.15, 0.2) is 5.82 Å². The number of aromatic nitrogens is 3. The molecule has 2 aromatic heterocycles. The van der Waals surface area contributed by atoms with E-state index >= 15 is 0 Å². The quantitative estimate of drug-likeness (QED) is 0.899. The zero-order chi connectivity index (χ0) is 13.8. The summed E-state index contributed by atoms with van der Waals surface area (Å²) in [6.07, 6.45) is 0.0245. The van der Waals surface area contributed by atoms with Gasteiger partial charge in [0.2, 0.25) is 5.95 Å². The summed E-state index contributed by atoms with van der Waals surface area (Å²) in [5.74, 6) is 1.15. The highest BCUT2D eigenvalue weighted by molar-refractivity contribution is 9.10. The lowest BCUT2D eigenvalue weighted by Gasteiger charge is -2.10. The molecule has 0 aliphatic rings. The third-order valence-electron chi connectivity index (χ3n) is 2.11. The van der Waals surface area contributed by atoms with Gasteiger partial charge in [0.05, 0.1) is 11.0 Å². The van der Waals surface area contributed by atoms with E-state index in [1.54, 1.807) is 11.3 Å². The lowest BCUT2D eigenvalue weighted by atomic mass is 10.4. The Balaban J connectivity index is 2.42. The summed E-state index contributed by atoms with van der Waals surface area (Å²) in [4.78, 5) is 14.0. The Morgan fingerprint density at radius 2 is 2.16 bits per heavy atom. The standard InChI is InChI=1S/C12H15BrN4OS/c1-4-14-11-15-10(9-8(13)5-6-19-9)16-12(17-11)18-7(2)3/h5-7H,4H2,1-3H3,(H,14,15,16,17). The second-order valence-corrected chi connectivity index (χ2v) is 5.83. The molecule has 0 bridgehead atoms. The van der Waals surface area contributed by atoms with Crippen molar-refractivity contribution in [1.82, 2.24) is 15.0 Å². The van der Waals surface area contributed by atoms with Gasteiger partial charge in [-0.25, -0.2) is 0 Å². The molecular weight excluding hydrogens is 328 g/mol. The van der Waals surface area contributed by atoms with Gasteiger partial charge in [-0.05, 0) is 48.1 Å². The number of thiophene rings is 1. The van der Waals surface area contributed by atoms with Crippen LogP contribution < -0.4 is 10.1 Å². The molecule has 0 atom stereocenters. The van der Waals surface area contributed by atoms with Crippen LogP contribution in [0.25, 0.3) is 10.7 Å². The Bertz CT molecular complexity index is 558. The SMILES string of the molecule is CCNc1nc(OC(C)C)nc(-c2sccc2Br)n1. The van der Waals surface area contributed by atoms with Crippen LogP contribution in [0, 0.1) is 0 Å². The first kappa shape index (κ1) is 14.2. The molecule has 19 heavy (non-hydrogen) atoms. The van der Waals surface area contributed by atoms with Crippen molar-refractivity contribution in [2.75, 3.05) is 11.9 Å². The molecule has 2 rings (SSSR count). The predicted molar refractivity (Wildman–Crippen MR) is 80.8 cm³/mol. The van der Waals surface area contributed by atoms with Crippen molar-refractivity contribution in [3.8, 4) is 16.7 Å². The Hall–Kier alpha value is -1.21. The number of hydrogen-bond acceptors (Lipinski definition) is 6. The second-order valence-electron chi connectivity index (χ2n) is 4.06. The van der Waals surface area contributed by atoms with E-state index < -0.39 is 0 Å². The first-order chi connectivity index (χ1) is 9.10. The lowest BCUT2D eigenvalue weighted by molar-refractivity contribution is 0.222. The van der Waals surface area contributed by atoms with Crippen LogP contribution in [0.3, 0.4) is 0 Å². The van der Waals surface area contributed by atoms with Crippen molar-refractivity contribution in [3.05, 3.63) is 15.9 Å². The molecule has 102 valence electrons. The summed E-state index contributed by atoms with van der Waals surface area (Å²) in [6.45, 7) is 6.62. The van der Waals surface area contributed by atoms with E-state index in [0.717, 1.165) is 15.9 Å². The van der Waals surface area contributed by atoms with Crippen LogP contribution >= 0.6 is 27.3 Å². The molecule has 5 nitrogen and oxygen atoms in total. The molecule has 0 radical (unpaired) electrons. The van der Waals surface area contributed by atoms with E-state index in [1.165, 1.54) is 0 Å². The Morgan fingerprint density at radius 3 is 2.74 bits per heavy atom. The number of rotatable bonds is 5. The smallest absolute Gasteiger partial charge is 0.322 e. The van der Waals surface area contributed by atoms with Crippen LogP contribution in [0.15, 0.2) is 15.9 Å². The topological polar surface area (TPSA) is 59.9 Å². The van der Waals surface area contributed by atoms with E-state index in [1.807, 2.05) is 32.2 Å². The van der Waals surface area contributed by atoms with Crippen LogP contribution in [0.2, 0.25) is 0 Å². The van der Waals surface area contributed by atoms with E-state index in [-0.39, 0.29) is 6.10 Å². The maximum atomic E-state index is 5.57. The number of hydrogen-bond donors (Lipinski definition) is 1. The minimum atomic E-state index is 0.0245. The third-order valence-corrected chi connectivity index (χ3v) is 3.94. The fourth-order valence-electron chi connectivity index (χ4n) is 1.41. The molecule has 1 N–H and O–H groups in total. The third kappa shape index (κ3) is 3.63. The molecule has 7 heteroatoms. The Labute approximate surface area is 124 Å². The fourth-order valence-corrected chi connectivity index (χ4v) is 2.89. The molecule has 0 saturated carbocycles. The largest absolute Gasteiger partial charge is 0.461 e. The summed E-state index contributed by atoms with van der Waals surface area (Å²) < 4.78 is 6.54. The minimum absolute atomic E-state index is 0.0245. The van der Waals surface area contributed by atoms with Crippen molar-refractivity contribution in [3.63, 3.8) is 0 Å². The zero-order valence-electron chi connectivity index (χ0n) is 11.0. The zero-order valence-corrected chi connectivity index (χ0v) is 13.4. The minimum Gasteiger partial charge on any atom is -0.461 e. The molecule has 2 aromatic rings. The molecule has 0 aliphatic heterocycles. The molecule has 0 unspecified atom stereocenters. The normalized spacial score (nSPS) is 10.8. The monoisotopic (exact) mass is 342 g/mol. The van der Waals surface area contributed by atoms with Gasteiger partial charge in [0, 0.05) is 11.0 Å². The van der Waals surface area contributed by atoms with E-state index in [0.29, 0.717) is 17.8 Å². The number of nitrogens with one attached hydrogen (secondary N) is 1. The van der Waals surface area contributed by atoms with Crippen molar-refractivity contribution in [1.29, 1.82) is 0 Å². The van der Waals surface area contributed by atoms with Gasteiger partial charge in [-0.1, -0.05) is 0 Å². The molecule has 0 saturated heterocycles. The van der Waals surface area contributed by atoms with Crippen LogP contribution in [0.4, 0.5) is 5.95 Å². The van der Waals surface area contributed by atoms with Crippen LogP contribution in [-0.4, -0.2) is 27.6 Å². The highest BCUT2D eigenvalue weighted by Crippen LogP contribution is 2.32. The molecule has 0 spiro atoms. The van der Waals surface area contributed by atoms with Gasteiger partial charge >= 0.3 is 6.01 Å². The average Bonchev–Trinajstić information content (AvgIpc) is 2.74. The first-order valence-corrected chi connectivity index (χ1v) is 7.67. The lowest BCUT2D eigenvalue weighted by Crippen LogP contribution is -2.12. The van der Waals surface area contributed by atoms with Crippen molar-refractivity contribution < 1.29 is 4.74 Å². The molecule has 0 aliphatic carbocycles. The number of nitrogens with zero attached hydrogens (tertiary/aromatic N) is 3.